The molecule has 4 bridgehead atoms. The number of rotatable bonds is 2. The van der Waals surface area contributed by atoms with E-state index in [0.717, 1.165) is 32.9 Å². The van der Waals surface area contributed by atoms with Gasteiger partial charge in [-0.3, -0.25) is 5.43 Å². The van der Waals surface area contributed by atoms with Crippen LogP contribution >= 0.6 is 27.3 Å². The molecule has 3 N–H and O–H groups in total. The van der Waals surface area contributed by atoms with Crippen LogP contribution in [0.3, 0.4) is 0 Å². The molecule has 6 rings (SSSR count). The molecule has 1 aromatic carbocycles. The van der Waals surface area contributed by atoms with Crippen molar-refractivity contribution in [2.45, 2.75) is 43.9 Å². The second kappa shape index (κ2) is 4.68. The molecule has 4 aliphatic rings. The summed E-state index contributed by atoms with van der Waals surface area (Å²) >= 11 is 5.40. The van der Waals surface area contributed by atoms with Gasteiger partial charge in [0.15, 0.2) is 5.13 Å². The Morgan fingerprint density at radius 3 is 2.36 bits per heavy atom. The van der Waals surface area contributed by atoms with Crippen LogP contribution in [0, 0.1) is 17.8 Å². The molecule has 5 heteroatoms. The molecular formula is C17H20BrN3S. The van der Waals surface area contributed by atoms with Crippen LogP contribution in [0.5, 0.6) is 0 Å². The predicted molar refractivity (Wildman–Crippen MR) is 95.0 cm³/mol. The Hall–Kier alpha value is -0.650. The molecule has 3 nitrogen and oxygen atoms in total. The monoisotopic (exact) mass is 377 g/mol. The van der Waals surface area contributed by atoms with Gasteiger partial charge < -0.3 is 0 Å². The highest BCUT2D eigenvalue weighted by molar-refractivity contribution is 9.10. The molecule has 116 valence electrons. The molecule has 2 aromatic rings. The number of hydrogen-bond donors (Lipinski definition) is 2. The van der Waals surface area contributed by atoms with Crippen LogP contribution in [-0.4, -0.2) is 4.98 Å². The molecule has 4 saturated carbocycles. The summed E-state index contributed by atoms with van der Waals surface area (Å²) in [5.41, 5.74) is 5.70. The zero-order chi connectivity index (χ0) is 14.9. The van der Waals surface area contributed by atoms with Crippen molar-refractivity contribution in [3.63, 3.8) is 0 Å². The molecule has 0 aliphatic heterocycles. The highest BCUT2D eigenvalue weighted by Gasteiger charge is 2.51. The van der Waals surface area contributed by atoms with Crippen molar-refractivity contribution >= 4 is 42.6 Å². The van der Waals surface area contributed by atoms with Gasteiger partial charge in [0.2, 0.25) is 0 Å². The third kappa shape index (κ3) is 1.91. The lowest BCUT2D eigenvalue weighted by Gasteiger charge is -2.57. The Morgan fingerprint density at radius 1 is 1.14 bits per heavy atom. The molecule has 1 heterocycles. The van der Waals surface area contributed by atoms with Gasteiger partial charge in [-0.05, 0) is 95.3 Å². The number of halogens is 1. The third-order valence-electron chi connectivity index (χ3n) is 6.22. The second-order valence-electron chi connectivity index (χ2n) is 7.67. The fourth-order valence-corrected chi connectivity index (χ4v) is 7.34. The second-order valence-corrected chi connectivity index (χ2v) is 9.55. The van der Waals surface area contributed by atoms with E-state index in [2.05, 4.69) is 38.5 Å². The van der Waals surface area contributed by atoms with Gasteiger partial charge in [0.25, 0.3) is 0 Å². The number of fused-ring (bicyclic) bond motifs is 1. The Kier molecular flexibility index (Phi) is 2.93. The summed E-state index contributed by atoms with van der Waals surface area (Å²) in [6.45, 7) is 0. The van der Waals surface area contributed by atoms with Crippen LogP contribution in [-0.2, 0) is 5.41 Å². The van der Waals surface area contributed by atoms with Crippen molar-refractivity contribution in [1.82, 2.24) is 4.98 Å². The number of hydrazine groups is 1. The molecule has 4 aliphatic carbocycles. The molecule has 4 fully saturated rings. The molecule has 0 unspecified atom stereocenters. The highest BCUT2D eigenvalue weighted by atomic mass is 79.9. The number of hydrogen-bond acceptors (Lipinski definition) is 4. The molecule has 0 atom stereocenters. The van der Waals surface area contributed by atoms with Crippen LogP contribution in [0.25, 0.3) is 10.2 Å². The summed E-state index contributed by atoms with van der Waals surface area (Å²) in [4.78, 5) is 4.55. The maximum atomic E-state index is 5.53. The third-order valence-corrected chi connectivity index (χ3v) is 7.76. The number of nitrogens with one attached hydrogen (secondary N) is 1. The first-order valence-electron chi connectivity index (χ1n) is 8.22. The summed E-state index contributed by atoms with van der Waals surface area (Å²) in [6.07, 6.45) is 8.67. The first-order chi connectivity index (χ1) is 10.6. The van der Waals surface area contributed by atoms with Gasteiger partial charge in [0.1, 0.15) is 0 Å². The number of nitrogens with two attached hydrogens (primary N) is 1. The van der Waals surface area contributed by atoms with Crippen molar-refractivity contribution < 1.29 is 0 Å². The van der Waals surface area contributed by atoms with Crippen molar-refractivity contribution in [2.24, 2.45) is 23.6 Å². The van der Waals surface area contributed by atoms with E-state index in [0.29, 0.717) is 5.41 Å². The fraction of sp³-hybridized carbons (Fsp3) is 0.588. The van der Waals surface area contributed by atoms with Crippen LogP contribution < -0.4 is 11.3 Å². The van der Waals surface area contributed by atoms with Crippen molar-refractivity contribution in [3.8, 4) is 0 Å². The standard InChI is InChI=1S/C17H20BrN3S/c18-13-4-12(5-14-15(13)20-16(21-19)22-14)17-6-9-1-10(7-17)3-11(2-9)8-17/h4-5,9-11H,1-3,6-8,19H2,(H,20,21). The minimum atomic E-state index is 0.436. The molecule has 0 amide bonds. The van der Waals surface area contributed by atoms with E-state index in [1.165, 1.54) is 48.8 Å². The van der Waals surface area contributed by atoms with Crippen LogP contribution in [0.15, 0.2) is 16.6 Å². The summed E-state index contributed by atoms with van der Waals surface area (Å²) in [6, 6.07) is 4.74. The van der Waals surface area contributed by atoms with Crippen molar-refractivity contribution in [2.75, 3.05) is 5.43 Å². The Bertz CT molecular complexity index is 718. The van der Waals surface area contributed by atoms with E-state index in [-0.39, 0.29) is 0 Å². The lowest BCUT2D eigenvalue weighted by Crippen LogP contribution is -2.48. The minimum Gasteiger partial charge on any atom is -0.300 e. The lowest BCUT2D eigenvalue weighted by molar-refractivity contribution is -0.00514. The SMILES string of the molecule is NNc1nc2c(Br)cc(C34CC5CC(CC(C5)C3)C4)cc2s1. The molecule has 0 radical (unpaired) electrons. The largest absolute Gasteiger partial charge is 0.300 e. The average Bonchev–Trinajstić information content (AvgIpc) is 2.89. The predicted octanol–water partition coefficient (Wildman–Crippen LogP) is 4.81. The molecule has 0 spiro atoms. The molecule has 1 aromatic heterocycles. The van der Waals surface area contributed by atoms with Crippen molar-refractivity contribution in [3.05, 3.63) is 22.2 Å². The zero-order valence-electron chi connectivity index (χ0n) is 12.4. The normalized spacial score (nSPS) is 36.2. The number of anilines is 1. The lowest BCUT2D eigenvalue weighted by atomic mass is 9.48. The number of nitrogens with zero attached hydrogens (tertiary/aromatic N) is 1. The minimum absolute atomic E-state index is 0.436. The van der Waals surface area contributed by atoms with Crippen LogP contribution in [0.2, 0.25) is 0 Å². The maximum absolute atomic E-state index is 5.53. The van der Waals surface area contributed by atoms with E-state index in [1.807, 2.05) is 0 Å². The molecule has 22 heavy (non-hydrogen) atoms. The van der Waals surface area contributed by atoms with Gasteiger partial charge in [-0.25, -0.2) is 10.8 Å². The maximum Gasteiger partial charge on any atom is 0.198 e. The van der Waals surface area contributed by atoms with Gasteiger partial charge in [-0.2, -0.15) is 0 Å². The Morgan fingerprint density at radius 2 is 1.77 bits per heavy atom. The van der Waals surface area contributed by atoms with E-state index in [1.54, 1.807) is 11.3 Å². The summed E-state index contributed by atoms with van der Waals surface area (Å²) in [5, 5.41) is 0.790. The van der Waals surface area contributed by atoms with Crippen molar-refractivity contribution in [1.29, 1.82) is 0 Å². The number of aromatic nitrogens is 1. The average molecular weight is 378 g/mol. The zero-order valence-corrected chi connectivity index (χ0v) is 14.8. The number of nitrogen functional groups attached to an aromatic ring is 1. The van der Waals surface area contributed by atoms with Gasteiger partial charge >= 0.3 is 0 Å². The first kappa shape index (κ1) is 13.8. The van der Waals surface area contributed by atoms with E-state index in [9.17, 15) is 0 Å². The summed E-state index contributed by atoms with van der Waals surface area (Å²) < 4.78 is 2.36. The van der Waals surface area contributed by atoms with Gasteiger partial charge in [-0.15, -0.1) is 0 Å². The molecular weight excluding hydrogens is 358 g/mol. The fourth-order valence-electron chi connectivity index (χ4n) is 5.82. The number of thiazole rings is 1. The number of benzene rings is 1. The molecule has 0 saturated heterocycles. The first-order valence-corrected chi connectivity index (χ1v) is 9.83. The Balaban J connectivity index is 1.64. The van der Waals surface area contributed by atoms with E-state index < -0.39 is 0 Å². The quantitative estimate of drug-likeness (QED) is 0.582. The van der Waals surface area contributed by atoms with Crippen LogP contribution in [0.1, 0.15) is 44.1 Å². The summed E-state index contributed by atoms with van der Waals surface area (Å²) in [7, 11) is 0. The smallest absolute Gasteiger partial charge is 0.198 e. The van der Waals surface area contributed by atoms with Gasteiger partial charge in [-0.1, -0.05) is 11.3 Å². The van der Waals surface area contributed by atoms with E-state index in [4.69, 9.17) is 5.84 Å². The van der Waals surface area contributed by atoms with Crippen LogP contribution in [0.4, 0.5) is 5.13 Å². The highest BCUT2D eigenvalue weighted by Crippen LogP contribution is 2.61. The van der Waals surface area contributed by atoms with Gasteiger partial charge in [0.05, 0.1) is 10.2 Å². The Labute approximate surface area is 142 Å². The van der Waals surface area contributed by atoms with Gasteiger partial charge in [0, 0.05) is 4.47 Å². The summed E-state index contributed by atoms with van der Waals surface area (Å²) in [5.74, 6) is 8.46. The van der Waals surface area contributed by atoms with E-state index >= 15 is 0 Å². The topological polar surface area (TPSA) is 50.9 Å².